The van der Waals surface area contributed by atoms with Crippen molar-refractivity contribution >= 4 is 22.5 Å². The summed E-state index contributed by atoms with van der Waals surface area (Å²) in [5.41, 5.74) is -2.03. The monoisotopic (exact) mass is 355 g/mol. The van der Waals surface area contributed by atoms with Crippen molar-refractivity contribution in [3.05, 3.63) is 57.3 Å². The first kappa shape index (κ1) is 16.2. The number of pyridine rings is 1. The van der Waals surface area contributed by atoms with E-state index in [0.717, 1.165) is 18.2 Å². The van der Waals surface area contributed by atoms with Crippen LogP contribution in [0.1, 0.15) is 5.56 Å². The molecular weight excluding hydrogens is 347 g/mol. The van der Waals surface area contributed by atoms with Crippen LogP contribution in [0.4, 0.5) is 13.2 Å². The SMILES string of the molecule is O=c1[nH]c2ccc(C(F)(F)F)cc2c(-c2cc(Cl)ccc2O)c1O. The third-order valence-corrected chi connectivity index (χ3v) is 3.78. The van der Waals surface area contributed by atoms with Gasteiger partial charge in [0.2, 0.25) is 0 Å². The molecule has 24 heavy (non-hydrogen) atoms. The van der Waals surface area contributed by atoms with E-state index in [1.807, 2.05) is 0 Å². The van der Waals surface area contributed by atoms with Crippen LogP contribution in [0.2, 0.25) is 5.02 Å². The van der Waals surface area contributed by atoms with Crippen LogP contribution in [0, 0.1) is 0 Å². The normalized spacial score (nSPS) is 11.8. The Balaban J connectivity index is 2.46. The maximum absolute atomic E-state index is 13.0. The Morgan fingerprint density at radius 2 is 1.75 bits per heavy atom. The van der Waals surface area contributed by atoms with Crippen LogP contribution >= 0.6 is 11.6 Å². The number of nitrogens with one attached hydrogen (secondary N) is 1. The predicted octanol–water partition coefficient (Wildman–Crippen LogP) is 4.28. The van der Waals surface area contributed by atoms with Gasteiger partial charge in [-0.2, -0.15) is 13.2 Å². The van der Waals surface area contributed by atoms with Gasteiger partial charge < -0.3 is 15.2 Å². The van der Waals surface area contributed by atoms with E-state index in [2.05, 4.69) is 4.98 Å². The van der Waals surface area contributed by atoms with Gasteiger partial charge in [-0.25, -0.2) is 0 Å². The van der Waals surface area contributed by atoms with Crippen LogP contribution in [0.5, 0.6) is 11.5 Å². The molecule has 0 atom stereocenters. The molecule has 0 amide bonds. The molecule has 0 aliphatic rings. The number of benzene rings is 2. The molecule has 0 fully saturated rings. The molecule has 0 saturated heterocycles. The van der Waals surface area contributed by atoms with Crippen molar-refractivity contribution in [2.24, 2.45) is 0 Å². The van der Waals surface area contributed by atoms with Gasteiger partial charge in [-0.15, -0.1) is 0 Å². The zero-order valence-corrected chi connectivity index (χ0v) is 12.5. The lowest BCUT2D eigenvalue weighted by molar-refractivity contribution is -0.137. The largest absolute Gasteiger partial charge is 0.507 e. The fourth-order valence-corrected chi connectivity index (χ4v) is 2.61. The molecule has 0 spiro atoms. The molecule has 8 heteroatoms. The van der Waals surface area contributed by atoms with Crippen molar-refractivity contribution in [1.82, 2.24) is 4.98 Å². The molecular formula is C16H9ClF3NO3. The minimum Gasteiger partial charge on any atom is -0.507 e. The predicted molar refractivity (Wildman–Crippen MR) is 83.3 cm³/mol. The van der Waals surface area contributed by atoms with Gasteiger partial charge in [0, 0.05) is 27.1 Å². The molecule has 1 aromatic heterocycles. The second-order valence-corrected chi connectivity index (χ2v) is 5.53. The summed E-state index contributed by atoms with van der Waals surface area (Å²) in [7, 11) is 0. The summed E-state index contributed by atoms with van der Waals surface area (Å²) in [4.78, 5) is 14.2. The van der Waals surface area contributed by atoms with Crippen molar-refractivity contribution in [3.63, 3.8) is 0 Å². The van der Waals surface area contributed by atoms with Gasteiger partial charge in [0.1, 0.15) is 5.75 Å². The summed E-state index contributed by atoms with van der Waals surface area (Å²) in [6.07, 6.45) is -4.60. The topological polar surface area (TPSA) is 73.3 Å². The number of fused-ring (bicyclic) bond motifs is 1. The molecule has 3 N–H and O–H groups in total. The van der Waals surface area contributed by atoms with E-state index in [1.54, 1.807) is 0 Å². The molecule has 4 nitrogen and oxygen atoms in total. The first-order valence-electron chi connectivity index (χ1n) is 6.63. The average molecular weight is 356 g/mol. The second-order valence-electron chi connectivity index (χ2n) is 5.10. The Kier molecular flexibility index (Phi) is 3.68. The highest BCUT2D eigenvalue weighted by molar-refractivity contribution is 6.31. The molecule has 3 aromatic rings. The minimum atomic E-state index is -4.60. The fourth-order valence-electron chi connectivity index (χ4n) is 2.44. The molecule has 0 bridgehead atoms. The number of hydrogen-bond donors (Lipinski definition) is 3. The number of aromatic amines is 1. The van der Waals surface area contributed by atoms with E-state index < -0.39 is 23.0 Å². The molecule has 124 valence electrons. The Morgan fingerprint density at radius 3 is 2.42 bits per heavy atom. The lowest BCUT2D eigenvalue weighted by Gasteiger charge is -2.13. The Bertz CT molecular complexity index is 1010. The maximum atomic E-state index is 13.0. The van der Waals surface area contributed by atoms with Crippen molar-refractivity contribution < 1.29 is 23.4 Å². The summed E-state index contributed by atoms with van der Waals surface area (Å²) in [6, 6.07) is 6.54. The molecule has 0 saturated carbocycles. The molecule has 2 aromatic carbocycles. The maximum Gasteiger partial charge on any atom is 0.416 e. The lowest BCUT2D eigenvalue weighted by Crippen LogP contribution is -2.09. The number of alkyl halides is 3. The third-order valence-electron chi connectivity index (χ3n) is 3.54. The fraction of sp³-hybridized carbons (Fsp3) is 0.0625. The zero-order chi connectivity index (χ0) is 17.6. The van der Waals surface area contributed by atoms with Crippen LogP contribution < -0.4 is 5.56 Å². The minimum absolute atomic E-state index is 0.0459. The van der Waals surface area contributed by atoms with Gasteiger partial charge >= 0.3 is 6.18 Å². The van der Waals surface area contributed by atoms with Gasteiger partial charge in [-0.05, 0) is 36.4 Å². The van der Waals surface area contributed by atoms with E-state index >= 15 is 0 Å². The molecule has 0 radical (unpaired) electrons. The molecule has 1 heterocycles. The summed E-state index contributed by atoms with van der Waals surface area (Å²) in [5, 5.41) is 20.2. The van der Waals surface area contributed by atoms with E-state index in [0.29, 0.717) is 0 Å². The number of phenols is 1. The van der Waals surface area contributed by atoms with Crippen LogP contribution in [-0.2, 0) is 6.18 Å². The Morgan fingerprint density at radius 1 is 1.04 bits per heavy atom. The molecule has 0 aliphatic heterocycles. The number of rotatable bonds is 1. The Labute approximate surface area is 137 Å². The lowest BCUT2D eigenvalue weighted by atomic mass is 9.98. The zero-order valence-electron chi connectivity index (χ0n) is 11.8. The standard InChI is InChI=1S/C16H9ClF3NO3/c17-8-2-4-12(22)10(6-8)13-9-5-7(16(18,19)20)1-3-11(9)21-15(24)14(13)23/h1-6,22-23H,(H,21,24). The molecule has 3 rings (SSSR count). The highest BCUT2D eigenvalue weighted by Crippen LogP contribution is 2.41. The van der Waals surface area contributed by atoms with Gasteiger partial charge in [0.25, 0.3) is 5.56 Å². The Hall–Kier alpha value is -2.67. The van der Waals surface area contributed by atoms with Crippen LogP contribution in [0.3, 0.4) is 0 Å². The van der Waals surface area contributed by atoms with E-state index in [9.17, 15) is 28.2 Å². The van der Waals surface area contributed by atoms with Gasteiger partial charge in [0.05, 0.1) is 5.56 Å². The van der Waals surface area contributed by atoms with Crippen molar-refractivity contribution in [2.75, 3.05) is 0 Å². The number of halogens is 4. The first-order chi connectivity index (χ1) is 11.2. The third kappa shape index (κ3) is 2.67. The number of H-pyrrole nitrogens is 1. The van der Waals surface area contributed by atoms with E-state index in [4.69, 9.17) is 11.6 Å². The average Bonchev–Trinajstić information content (AvgIpc) is 2.50. The van der Waals surface area contributed by atoms with Gasteiger partial charge in [-0.3, -0.25) is 4.79 Å². The quantitative estimate of drug-likeness (QED) is 0.610. The van der Waals surface area contributed by atoms with Crippen molar-refractivity contribution in [1.29, 1.82) is 0 Å². The van der Waals surface area contributed by atoms with Crippen molar-refractivity contribution in [3.8, 4) is 22.6 Å². The van der Waals surface area contributed by atoms with Gasteiger partial charge in [0.15, 0.2) is 5.75 Å². The second kappa shape index (κ2) is 5.45. The van der Waals surface area contributed by atoms with Crippen LogP contribution in [0.25, 0.3) is 22.0 Å². The first-order valence-corrected chi connectivity index (χ1v) is 7.01. The van der Waals surface area contributed by atoms with Gasteiger partial charge in [-0.1, -0.05) is 11.6 Å². The number of hydrogen-bond acceptors (Lipinski definition) is 3. The summed E-state index contributed by atoms with van der Waals surface area (Å²) in [6.45, 7) is 0. The number of aromatic hydroxyl groups is 2. The summed E-state index contributed by atoms with van der Waals surface area (Å²) >= 11 is 5.86. The summed E-state index contributed by atoms with van der Waals surface area (Å²) < 4.78 is 38.9. The van der Waals surface area contributed by atoms with Crippen LogP contribution in [0.15, 0.2) is 41.2 Å². The van der Waals surface area contributed by atoms with Crippen LogP contribution in [-0.4, -0.2) is 15.2 Å². The van der Waals surface area contributed by atoms with E-state index in [-0.39, 0.29) is 32.8 Å². The highest BCUT2D eigenvalue weighted by Gasteiger charge is 2.31. The number of aromatic nitrogens is 1. The molecule has 0 unspecified atom stereocenters. The van der Waals surface area contributed by atoms with Crippen molar-refractivity contribution in [2.45, 2.75) is 6.18 Å². The van der Waals surface area contributed by atoms with E-state index in [1.165, 1.54) is 18.2 Å². The number of phenolic OH excluding ortho intramolecular Hbond substituents is 1. The molecule has 0 aliphatic carbocycles. The smallest absolute Gasteiger partial charge is 0.416 e. The highest BCUT2D eigenvalue weighted by atomic mass is 35.5. The summed E-state index contributed by atoms with van der Waals surface area (Å²) in [5.74, 6) is -1.14.